The molecule has 2 aliphatic heterocycles. The molecule has 168 valence electrons. The number of carbonyl (C=O) groups is 4. The Labute approximate surface area is 176 Å². The van der Waals surface area contributed by atoms with Crippen LogP contribution in [0, 0.1) is 5.92 Å². The lowest BCUT2D eigenvalue weighted by Gasteiger charge is -2.40. The van der Waals surface area contributed by atoms with Gasteiger partial charge >= 0.3 is 11.9 Å². The van der Waals surface area contributed by atoms with E-state index in [1.165, 1.54) is 24.0 Å². The molecule has 0 radical (unpaired) electrons. The van der Waals surface area contributed by atoms with E-state index in [1.54, 1.807) is 4.90 Å². The molecule has 2 heterocycles. The van der Waals surface area contributed by atoms with Gasteiger partial charge in [0, 0.05) is 45.6 Å². The van der Waals surface area contributed by atoms with Crippen LogP contribution in [0.25, 0.3) is 0 Å². The van der Waals surface area contributed by atoms with Crippen molar-refractivity contribution in [1.82, 2.24) is 14.7 Å². The van der Waals surface area contributed by atoms with Crippen LogP contribution in [0.15, 0.2) is 12.2 Å². The third-order valence-electron chi connectivity index (χ3n) is 4.93. The number of aliphatic hydroxyl groups is 1. The van der Waals surface area contributed by atoms with Gasteiger partial charge in [-0.2, -0.15) is 0 Å². The zero-order valence-electron chi connectivity index (χ0n) is 17.8. The first kappa shape index (κ1) is 23.8. The van der Waals surface area contributed by atoms with Crippen LogP contribution in [-0.4, -0.2) is 102 Å². The molecule has 10 nitrogen and oxygen atoms in total. The van der Waals surface area contributed by atoms with Crippen molar-refractivity contribution in [3.63, 3.8) is 0 Å². The molecule has 30 heavy (non-hydrogen) atoms. The van der Waals surface area contributed by atoms with Crippen LogP contribution < -0.4 is 0 Å². The molecular formula is C20H31N3O7. The van der Waals surface area contributed by atoms with Crippen molar-refractivity contribution in [1.29, 1.82) is 0 Å². The topological polar surface area (TPSA) is 117 Å². The number of hydrogen-bond acceptors (Lipinski definition) is 8. The van der Waals surface area contributed by atoms with Gasteiger partial charge in [-0.1, -0.05) is 13.8 Å². The summed E-state index contributed by atoms with van der Waals surface area (Å²) in [7, 11) is 0. The molecule has 2 unspecified atom stereocenters. The van der Waals surface area contributed by atoms with Gasteiger partial charge in [0.15, 0.2) is 0 Å². The minimum absolute atomic E-state index is 0.0564. The molecule has 1 saturated heterocycles. The standard InChI is InChI=1S/C20H31N3O7/c1-14(2)12-30-20(28)11-21-8-9-22(10-16(21)13-29-15(3)24)17(25)6-7-23-18(26)4-5-19(23)27/h4-5,14,16,18,26H,6-13H2,1-3H3. The number of nitrogens with zero attached hydrogens (tertiary/aromatic N) is 3. The second kappa shape index (κ2) is 11.1. The van der Waals surface area contributed by atoms with Crippen molar-refractivity contribution in [2.75, 3.05) is 45.9 Å². The van der Waals surface area contributed by atoms with Crippen molar-refractivity contribution in [3.8, 4) is 0 Å². The Balaban J connectivity index is 1.90. The van der Waals surface area contributed by atoms with Crippen molar-refractivity contribution >= 4 is 23.8 Å². The fourth-order valence-corrected chi connectivity index (χ4v) is 3.29. The monoisotopic (exact) mass is 425 g/mol. The summed E-state index contributed by atoms with van der Waals surface area (Å²) < 4.78 is 10.4. The van der Waals surface area contributed by atoms with Crippen molar-refractivity contribution in [2.45, 2.75) is 39.5 Å². The zero-order chi connectivity index (χ0) is 22.3. The molecule has 0 aromatic carbocycles. The molecule has 2 rings (SSSR count). The summed E-state index contributed by atoms with van der Waals surface area (Å²) in [5, 5.41) is 9.74. The van der Waals surface area contributed by atoms with Crippen LogP contribution in [0.2, 0.25) is 0 Å². The predicted octanol–water partition coefficient (Wildman–Crippen LogP) is -0.632. The van der Waals surface area contributed by atoms with E-state index in [0.29, 0.717) is 26.2 Å². The summed E-state index contributed by atoms with van der Waals surface area (Å²) in [6.45, 7) is 6.90. The number of rotatable bonds is 9. The summed E-state index contributed by atoms with van der Waals surface area (Å²) in [5.74, 6) is -1.05. The van der Waals surface area contributed by atoms with Gasteiger partial charge in [-0.05, 0) is 12.0 Å². The van der Waals surface area contributed by atoms with Crippen LogP contribution in [0.4, 0.5) is 0 Å². The highest BCUT2D eigenvalue weighted by molar-refractivity contribution is 5.90. The summed E-state index contributed by atoms with van der Waals surface area (Å²) in [4.78, 5) is 52.3. The van der Waals surface area contributed by atoms with E-state index in [9.17, 15) is 24.3 Å². The van der Waals surface area contributed by atoms with Gasteiger partial charge in [0.25, 0.3) is 0 Å². The molecular weight excluding hydrogens is 394 g/mol. The molecule has 0 bridgehead atoms. The quantitative estimate of drug-likeness (QED) is 0.485. The highest BCUT2D eigenvalue weighted by Crippen LogP contribution is 2.14. The van der Waals surface area contributed by atoms with Crippen LogP contribution in [0.1, 0.15) is 27.2 Å². The van der Waals surface area contributed by atoms with Gasteiger partial charge in [0.1, 0.15) is 12.8 Å². The molecule has 2 atom stereocenters. The van der Waals surface area contributed by atoms with Gasteiger partial charge in [-0.15, -0.1) is 0 Å². The average molecular weight is 425 g/mol. The number of esters is 2. The lowest BCUT2D eigenvalue weighted by atomic mass is 10.1. The van der Waals surface area contributed by atoms with Crippen molar-refractivity contribution in [3.05, 3.63) is 12.2 Å². The molecule has 0 aliphatic carbocycles. The second-order valence-corrected chi connectivity index (χ2v) is 7.90. The minimum Gasteiger partial charge on any atom is -0.464 e. The summed E-state index contributed by atoms with van der Waals surface area (Å²) in [5.41, 5.74) is 0. The Bertz CT molecular complexity index is 679. The van der Waals surface area contributed by atoms with Crippen LogP contribution >= 0.6 is 0 Å². The smallest absolute Gasteiger partial charge is 0.320 e. The molecule has 1 N–H and O–H groups in total. The fraction of sp³-hybridized carbons (Fsp3) is 0.700. The highest BCUT2D eigenvalue weighted by Gasteiger charge is 2.32. The predicted molar refractivity (Wildman–Crippen MR) is 106 cm³/mol. The van der Waals surface area contributed by atoms with Gasteiger partial charge in [0.2, 0.25) is 11.8 Å². The van der Waals surface area contributed by atoms with E-state index in [-0.39, 0.29) is 55.9 Å². The normalized spacial score (nSPS) is 22.0. The zero-order valence-corrected chi connectivity index (χ0v) is 17.8. The SMILES string of the molecule is CC(=O)OCC1CN(C(=O)CCN2C(=O)C=CC2O)CCN1CC(=O)OCC(C)C. The number of carbonyl (C=O) groups excluding carboxylic acids is 4. The molecule has 1 fully saturated rings. The van der Waals surface area contributed by atoms with E-state index >= 15 is 0 Å². The van der Waals surface area contributed by atoms with E-state index < -0.39 is 12.2 Å². The number of piperazine rings is 1. The first-order chi connectivity index (χ1) is 14.2. The first-order valence-corrected chi connectivity index (χ1v) is 10.1. The highest BCUT2D eigenvalue weighted by atomic mass is 16.5. The molecule has 0 aromatic heterocycles. The Morgan fingerprint density at radius 3 is 2.57 bits per heavy atom. The second-order valence-electron chi connectivity index (χ2n) is 7.90. The lowest BCUT2D eigenvalue weighted by Crippen LogP contribution is -2.58. The van der Waals surface area contributed by atoms with E-state index in [0.717, 1.165) is 0 Å². The minimum atomic E-state index is -1.00. The summed E-state index contributed by atoms with van der Waals surface area (Å²) in [6.07, 6.45) is 1.72. The van der Waals surface area contributed by atoms with Gasteiger partial charge < -0.3 is 24.4 Å². The van der Waals surface area contributed by atoms with Gasteiger partial charge in [-0.25, -0.2) is 0 Å². The van der Waals surface area contributed by atoms with Crippen LogP contribution in [0.3, 0.4) is 0 Å². The summed E-state index contributed by atoms with van der Waals surface area (Å²) >= 11 is 0. The van der Waals surface area contributed by atoms with Crippen LogP contribution in [0.5, 0.6) is 0 Å². The van der Waals surface area contributed by atoms with Crippen LogP contribution in [-0.2, 0) is 28.7 Å². The number of amides is 2. The number of aliphatic hydroxyl groups excluding tert-OH is 1. The molecule has 2 amide bonds. The number of ether oxygens (including phenoxy) is 2. The average Bonchev–Trinajstić information content (AvgIpc) is 3.01. The lowest BCUT2D eigenvalue weighted by molar-refractivity contribution is -0.150. The number of hydrogen-bond donors (Lipinski definition) is 1. The maximum atomic E-state index is 12.6. The Kier molecular flexibility index (Phi) is 8.79. The van der Waals surface area contributed by atoms with Crippen molar-refractivity contribution in [2.24, 2.45) is 5.92 Å². The molecule has 0 aromatic rings. The Morgan fingerprint density at radius 1 is 1.23 bits per heavy atom. The molecule has 0 spiro atoms. The largest absolute Gasteiger partial charge is 0.464 e. The third-order valence-corrected chi connectivity index (χ3v) is 4.93. The molecule has 2 aliphatic rings. The van der Waals surface area contributed by atoms with Gasteiger partial charge in [-0.3, -0.25) is 24.1 Å². The van der Waals surface area contributed by atoms with Gasteiger partial charge in [0.05, 0.1) is 19.2 Å². The van der Waals surface area contributed by atoms with E-state index in [4.69, 9.17) is 9.47 Å². The Hall–Kier alpha value is -2.46. The van der Waals surface area contributed by atoms with Crippen molar-refractivity contribution < 1.29 is 33.8 Å². The summed E-state index contributed by atoms with van der Waals surface area (Å²) in [6, 6.07) is -0.334. The maximum absolute atomic E-state index is 12.6. The first-order valence-electron chi connectivity index (χ1n) is 10.1. The molecule has 0 saturated carbocycles. The van der Waals surface area contributed by atoms with E-state index in [2.05, 4.69) is 0 Å². The van der Waals surface area contributed by atoms with E-state index in [1.807, 2.05) is 18.7 Å². The molecule has 10 heteroatoms. The maximum Gasteiger partial charge on any atom is 0.320 e. The Morgan fingerprint density at radius 2 is 1.97 bits per heavy atom. The third kappa shape index (κ3) is 7.10. The fourth-order valence-electron chi connectivity index (χ4n) is 3.29.